The maximum absolute atomic E-state index is 11.6. The van der Waals surface area contributed by atoms with Crippen LogP contribution in [-0.4, -0.2) is 31.1 Å². The van der Waals surface area contributed by atoms with Gasteiger partial charge in [0.2, 0.25) is 5.91 Å². The van der Waals surface area contributed by atoms with Crippen LogP contribution in [0.5, 0.6) is 5.75 Å². The van der Waals surface area contributed by atoms with Crippen LogP contribution in [-0.2, 0) is 14.3 Å². The van der Waals surface area contributed by atoms with Crippen LogP contribution in [0, 0.1) is 6.92 Å². The van der Waals surface area contributed by atoms with Crippen molar-refractivity contribution in [3.8, 4) is 5.75 Å². The molecular formula is C17H25NO4. The second kappa shape index (κ2) is 9.82. The Hall–Kier alpha value is -2.04. The summed E-state index contributed by atoms with van der Waals surface area (Å²) in [6.45, 7) is 6.38. The van der Waals surface area contributed by atoms with Crippen LogP contribution in [0.4, 0.5) is 0 Å². The summed E-state index contributed by atoms with van der Waals surface area (Å²) in [7, 11) is 0. The summed E-state index contributed by atoms with van der Waals surface area (Å²) in [6.07, 6.45) is 1.09. The Bertz CT molecular complexity index is 485. The molecule has 0 heterocycles. The van der Waals surface area contributed by atoms with Gasteiger partial charge in [0.25, 0.3) is 0 Å². The second-order valence-electron chi connectivity index (χ2n) is 5.36. The van der Waals surface area contributed by atoms with E-state index >= 15 is 0 Å². The minimum absolute atomic E-state index is 0.0780. The number of benzene rings is 1. The first-order chi connectivity index (χ1) is 10.5. The number of aryl methyl sites for hydroxylation is 1. The number of carbonyl (C=O) groups is 2. The normalized spacial score (nSPS) is 10.4. The van der Waals surface area contributed by atoms with Crippen molar-refractivity contribution < 1.29 is 19.1 Å². The Labute approximate surface area is 132 Å². The van der Waals surface area contributed by atoms with E-state index in [2.05, 4.69) is 5.32 Å². The van der Waals surface area contributed by atoms with Crippen LogP contribution < -0.4 is 10.1 Å². The number of carbonyl (C=O) groups excluding carboxylic acids is 2. The molecule has 1 aromatic carbocycles. The van der Waals surface area contributed by atoms with E-state index in [-0.39, 0.29) is 24.4 Å². The summed E-state index contributed by atoms with van der Waals surface area (Å²) in [4.78, 5) is 22.9. The van der Waals surface area contributed by atoms with E-state index in [4.69, 9.17) is 9.47 Å². The van der Waals surface area contributed by atoms with Gasteiger partial charge in [0, 0.05) is 13.0 Å². The average Bonchev–Trinajstić information content (AvgIpc) is 2.44. The molecule has 0 aliphatic rings. The van der Waals surface area contributed by atoms with Crippen molar-refractivity contribution in [2.45, 2.75) is 46.1 Å². The molecule has 1 amide bonds. The SMILES string of the molecule is Cc1ccccc1OCCCC(=O)NCCC(=O)OC(C)C. The van der Waals surface area contributed by atoms with E-state index in [0.717, 1.165) is 11.3 Å². The van der Waals surface area contributed by atoms with Gasteiger partial charge in [-0.2, -0.15) is 0 Å². The van der Waals surface area contributed by atoms with Gasteiger partial charge in [0.15, 0.2) is 0 Å². The molecule has 22 heavy (non-hydrogen) atoms. The molecule has 5 nitrogen and oxygen atoms in total. The fraction of sp³-hybridized carbons (Fsp3) is 0.529. The van der Waals surface area contributed by atoms with E-state index in [1.165, 1.54) is 0 Å². The van der Waals surface area contributed by atoms with Crippen molar-refractivity contribution in [3.63, 3.8) is 0 Å². The molecule has 0 bridgehead atoms. The summed E-state index contributed by atoms with van der Waals surface area (Å²) in [5.74, 6) is 0.475. The molecule has 0 saturated carbocycles. The second-order valence-corrected chi connectivity index (χ2v) is 5.36. The molecule has 1 rings (SSSR count). The molecule has 122 valence electrons. The standard InChI is InChI=1S/C17H25NO4/c1-13(2)22-17(20)10-11-18-16(19)9-6-12-21-15-8-5-4-7-14(15)3/h4-5,7-8,13H,6,9-12H2,1-3H3,(H,18,19). The highest BCUT2D eigenvalue weighted by molar-refractivity contribution is 5.77. The van der Waals surface area contributed by atoms with Gasteiger partial charge < -0.3 is 14.8 Å². The van der Waals surface area contributed by atoms with E-state index in [0.29, 0.717) is 26.0 Å². The molecule has 0 aliphatic carbocycles. The van der Waals surface area contributed by atoms with Crippen LogP contribution >= 0.6 is 0 Å². The molecule has 0 aliphatic heterocycles. The van der Waals surface area contributed by atoms with E-state index in [9.17, 15) is 9.59 Å². The van der Waals surface area contributed by atoms with Crippen LogP contribution in [0.2, 0.25) is 0 Å². The molecule has 0 fully saturated rings. The van der Waals surface area contributed by atoms with E-state index in [1.807, 2.05) is 31.2 Å². The minimum Gasteiger partial charge on any atom is -0.493 e. The Kier molecular flexibility index (Phi) is 8.04. The number of amides is 1. The topological polar surface area (TPSA) is 64.6 Å². The largest absolute Gasteiger partial charge is 0.493 e. The third kappa shape index (κ3) is 7.67. The molecule has 5 heteroatoms. The maximum atomic E-state index is 11.6. The first-order valence-corrected chi connectivity index (χ1v) is 7.63. The zero-order valence-electron chi connectivity index (χ0n) is 13.6. The quantitative estimate of drug-likeness (QED) is 0.562. The van der Waals surface area contributed by atoms with Gasteiger partial charge in [-0.3, -0.25) is 9.59 Å². The molecule has 1 aromatic rings. The monoisotopic (exact) mass is 307 g/mol. The number of hydrogen-bond acceptors (Lipinski definition) is 4. The zero-order valence-corrected chi connectivity index (χ0v) is 13.6. The Balaban J connectivity index is 2.09. The molecule has 0 radical (unpaired) electrons. The van der Waals surface area contributed by atoms with E-state index < -0.39 is 0 Å². The highest BCUT2D eigenvalue weighted by atomic mass is 16.5. The lowest BCUT2D eigenvalue weighted by molar-refractivity contribution is -0.147. The number of ether oxygens (including phenoxy) is 2. The molecule has 0 saturated heterocycles. The minimum atomic E-state index is -0.293. The van der Waals surface area contributed by atoms with Gasteiger partial charge in [-0.05, 0) is 38.8 Å². The predicted octanol–water partition coefficient (Wildman–Crippen LogP) is 2.61. The van der Waals surface area contributed by atoms with Gasteiger partial charge in [-0.1, -0.05) is 18.2 Å². The summed E-state index contributed by atoms with van der Waals surface area (Å²) >= 11 is 0. The Morgan fingerprint density at radius 2 is 1.91 bits per heavy atom. The van der Waals surface area contributed by atoms with E-state index in [1.54, 1.807) is 13.8 Å². The van der Waals surface area contributed by atoms with Crippen molar-refractivity contribution in [1.82, 2.24) is 5.32 Å². The van der Waals surface area contributed by atoms with Crippen LogP contribution in [0.15, 0.2) is 24.3 Å². The number of nitrogens with one attached hydrogen (secondary N) is 1. The van der Waals surface area contributed by atoms with Gasteiger partial charge in [0.05, 0.1) is 19.1 Å². The maximum Gasteiger partial charge on any atom is 0.307 e. The fourth-order valence-electron chi connectivity index (χ4n) is 1.85. The van der Waals surface area contributed by atoms with Crippen LogP contribution in [0.3, 0.4) is 0 Å². The summed E-state index contributed by atoms with van der Waals surface area (Å²) in [5.41, 5.74) is 1.08. The third-order valence-corrected chi connectivity index (χ3v) is 2.92. The van der Waals surface area contributed by atoms with Gasteiger partial charge in [0.1, 0.15) is 5.75 Å². The first kappa shape index (κ1) is 18.0. The molecule has 0 atom stereocenters. The number of esters is 1. The molecule has 0 aromatic heterocycles. The van der Waals surface area contributed by atoms with Crippen molar-refractivity contribution >= 4 is 11.9 Å². The van der Waals surface area contributed by atoms with Crippen molar-refractivity contribution in [2.75, 3.05) is 13.2 Å². The van der Waals surface area contributed by atoms with Crippen molar-refractivity contribution in [1.29, 1.82) is 0 Å². The van der Waals surface area contributed by atoms with Gasteiger partial charge >= 0.3 is 5.97 Å². The summed E-state index contributed by atoms with van der Waals surface area (Å²) < 4.78 is 10.6. The number of para-hydroxylation sites is 1. The van der Waals surface area contributed by atoms with Crippen LogP contribution in [0.1, 0.15) is 38.7 Å². The highest BCUT2D eigenvalue weighted by Crippen LogP contribution is 2.16. The predicted molar refractivity (Wildman–Crippen MR) is 84.8 cm³/mol. The lowest BCUT2D eigenvalue weighted by Gasteiger charge is -2.09. The Morgan fingerprint density at radius 1 is 1.18 bits per heavy atom. The van der Waals surface area contributed by atoms with Crippen LogP contribution in [0.25, 0.3) is 0 Å². The lowest BCUT2D eigenvalue weighted by atomic mass is 10.2. The lowest BCUT2D eigenvalue weighted by Crippen LogP contribution is -2.27. The number of hydrogen-bond donors (Lipinski definition) is 1. The van der Waals surface area contributed by atoms with Crippen molar-refractivity contribution in [2.24, 2.45) is 0 Å². The molecular weight excluding hydrogens is 282 g/mol. The zero-order chi connectivity index (χ0) is 16.4. The van der Waals surface area contributed by atoms with Gasteiger partial charge in [-0.15, -0.1) is 0 Å². The molecule has 1 N–H and O–H groups in total. The number of rotatable bonds is 9. The van der Waals surface area contributed by atoms with Crippen molar-refractivity contribution in [3.05, 3.63) is 29.8 Å². The smallest absolute Gasteiger partial charge is 0.307 e. The molecule has 0 unspecified atom stereocenters. The summed E-state index contributed by atoms with van der Waals surface area (Å²) in [6, 6.07) is 7.78. The Morgan fingerprint density at radius 3 is 2.59 bits per heavy atom. The highest BCUT2D eigenvalue weighted by Gasteiger charge is 2.07. The molecule has 0 spiro atoms. The summed E-state index contributed by atoms with van der Waals surface area (Å²) in [5, 5.41) is 2.70. The first-order valence-electron chi connectivity index (χ1n) is 7.63. The average molecular weight is 307 g/mol. The van der Waals surface area contributed by atoms with Gasteiger partial charge in [-0.25, -0.2) is 0 Å². The third-order valence-electron chi connectivity index (χ3n) is 2.92. The fourth-order valence-corrected chi connectivity index (χ4v) is 1.85.